The number of aromatic hydroxyl groups is 1. The second-order valence-electron chi connectivity index (χ2n) is 3.94. The lowest BCUT2D eigenvalue weighted by molar-refractivity contribution is 0.101. The van der Waals surface area contributed by atoms with Crippen molar-refractivity contribution in [3.63, 3.8) is 0 Å². The van der Waals surface area contributed by atoms with Gasteiger partial charge in [-0.15, -0.1) is 0 Å². The Morgan fingerprint density at radius 1 is 1.11 bits per heavy atom. The first kappa shape index (κ1) is 11.3. The highest BCUT2D eigenvalue weighted by Gasteiger charge is 2.21. The SMILES string of the molecule is O=C(c1ccco1)c1c(O)ccc2ccc(=O)oc12. The van der Waals surface area contributed by atoms with E-state index >= 15 is 0 Å². The van der Waals surface area contributed by atoms with Crippen molar-refractivity contribution in [2.75, 3.05) is 0 Å². The first-order valence-electron chi connectivity index (χ1n) is 5.51. The molecule has 1 N–H and O–H groups in total. The van der Waals surface area contributed by atoms with Crippen LogP contribution in [0.2, 0.25) is 0 Å². The Labute approximate surface area is 106 Å². The molecule has 0 fully saturated rings. The van der Waals surface area contributed by atoms with Gasteiger partial charge >= 0.3 is 5.63 Å². The van der Waals surface area contributed by atoms with Gasteiger partial charge in [0.25, 0.3) is 0 Å². The molecular formula is C14H8O5. The van der Waals surface area contributed by atoms with E-state index in [4.69, 9.17) is 8.83 Å². The standard InChI is InChI=1S/C14H8O5/c15-9-5-3-8-4-6-11(16)19-14(8)12(9)13(17)10-2-1-7-18-10/h1-7,15H. The lowest BCUT2D eigenvalue weighted by Gasteiger charge is -2.05. The summed E-state index contributed by atoms with van der Waals surface area (Å²) in [6, 6.07) is 8.75. The molecule has 2 heterocycles. The quantitative estimate of drug-likeness (QED) is 0.562. The van der Waals surface area contributed by atoms with Gasteiger partial charge in [0, 0.05) is 11.5 Å². The van der Waals surface area contributed by atoms with Gasteiger partial charge in [-0.2, -0.15) is 0 Å². The lowest BCUT2D eigenvalue weighted by Crippen LogP contribution is -2.04. The molecule has 1 aromatic carbocycles. The molecule has 19 heavy (non-hydrogen) atoms. The lowest BCUT2D eigenvalue weighted by atomic mass is 10.0. The van der Waals surface area contributed by atoms with Crippen LogP contribution in [0.4, 0.5) is 0 Å². The van der Waals surface area contributed by atoms with Crippen LogP contribution in [0.5, 0.6) is 5.75 Å². The van der Waals surface area contributed by atoms with Crippen LogP contribution in [0.1, 0.15) is 16.1 Å². The van der Waals surface area contributed by atoms with Gasteiger partial charge in [0.2, 0.25) is 5.78 Å². The summed E-state index contributed by atoms with van der Waals surface area (Å²) in [7, 11) is 0. The number of carbonyl (C=O) groups excluding carboxylic acids is 1. The average Bonchev–Trinajstić information content (AvgIpc) is 2.91. The molecule has 0 saturated carbocycles. The number of hydrogen-bond donors (Lipinski definition) is 1. The summed E-state index contributed by atoms with van der Waals surface area (Å²) in [5, 5.41) is 10.4. The van der Waals surface area contributed by atoms with Gasteiger partial charge in [-0.3, -0.25) is 4.79 Å². The predicted octanol–water partition coefficient (Wildman–Crippen LogP) is 2.32. The van der Waals surface area contributed by atoms with Crippen LogP contribution in [0.25, 0.3) is 11.0 Å². The highest BCUT2D eigenvalue weighted by atomic mass is 16.4. The van der Waals surface area contributed by atoms with Crippen molar-refractivity contribution in [2.24, 2.45) is 0 Å². The molecule has 0 aliphatic heterocycles. The third-order valence-corrected chi connectivity index (χ3v) is 2.74. The molecule has 0 bridgehead atoms. The van der Waals surface area contributed by atoms with Crippen molar-refractivity contribution in [2.45, 2.75) is 0 Å². The van der Waals surface area contributed by atoms with Crippen molar-refractivity contribution in [3.8, 4) is 5.75 Å². The normalized spacial score (nSPS) is 10.7. The van der Waals surface area contributed by atoms with Crippen LogP contribution in [-0.4, -0.2) is 10.9 Å². The van der Waals surface area contributed by atoms with Crippen molar-refractivity contribution in [1.82, 2.24) is 0 Å². The van der Waals surface area contributed by atoms with E-state index in [1.54, 1.807) is 12.1 Å². The van der Waals surface area contributed by atoms with Crippen LogP contribution < -0.4 is 5.63 Å². The Bertz CT molecular complexity index is 811. The number of fused-ring (bicyclic) bond motifs is 1. The maximum atomic E-state index is 12.2. The minimum atomic E-state index is -0.591. The number of carbonyl (C=O) groups is 1. The monoisotopic (exact) mass is 256 g/mol. The third-order valence-electron chi connectivity index (χ3n) is 2.74. The van der Waals surface area contributed by atoms with Gasteiger partial charge in [-0.1, -0.05) is 0 Å². The van der Waals surface area contributed by atoms with Crippen molar-refractivity contribution < 1.29 is 18.7 Å². The summed E-state index contributed by atoms with van der Waals surface area (Å²) in [4.78, 5) is 23.5. The van der Waals surface area contributed by atoms with E-state index in [1.165, 1.54) is 30.5 Å². The minimum absolute atomic E-state index is 0.0499. The zero-order chi connectivity index (χ0) is 13.4. The van der Waals surface area contributed by atoms with Crippen molar-refractivity contribution in [3.05, 3.63) is 64.4 Å². The molecular weight excluding hydrogens is 248 g/mol. The Morgan fingerprint density at radius 2 is 1.89 bits per heavy atom. The van der Waals surface area contributed by atoms with Crippen molar-refractivity contribution in [1.29, 1.82) is 0 Å². The molecule has 2 aromatic heterocycles. The second-order valence-corrected chi connectivity index (χ2v) is 3.94. The highest BCUT2D eigenvalue weighted by Crippen LogP contribution is 2.28. The van der Waals surface area contributed by atoms with Gasteiger partial charge < -0.3 is 13.9 Å². The first-order valence-corrected chi connectivity index (χ1v) is 5.51. The van der Waals surface area contributed by atoms with Gasteiger partial charge in [0.1, 0.15) is 11.3 Å². The van der Waals surface area contributed by atoms with E-state index < -0.39 is 11.4 Å². The Kier molecular flexibility index (Phi) is 2.45. The fraction of sp³-hybridized carbons (Fsp3) is 0. The van der Waals surface area contributed by atoms with Crippen LogP contribution in [0.15, 0.2) is 56.3 Å². The topological polar surface area (TPSA) is 80.6 Å². The molecule has 0 spiro atoms. The summed E-state index contributed by atoms with van der Waals surface area (Å²) in [6.07, 6.45) is 1.35. The van der Waals surface area contributed by atoms with Gasteiger partial charge in [0.15, 0.2) is 11.3 Å². The number of rotatable bonds is 2. The Morgan fingerprint density at radius 3 is 2.63 bits per heavy atom. The van der Waals surface area contributed by atoms with Crippen LogP contribution in [0.3, 0.4) is 0 Å². The van der Waals surface area contributed by atoms with E-state index in [2.05, 4.69) is 0 Å². The third kappa shape index (κ3) is 1.81. The first-order chi connectivity index (χ1) is 9.16. The predicted molar refractivity (Wildman–Crippen MR) is 66.3 cm³/mol. The molecule has 5 nitrogen and oxygen atoms in total. The van der Waals surface area contributed by atoms with E-state index in [1.807, 2.05) is 0 Å². The van der Waals surface area contributed by atoms with E-state index in [-0.39, 0.29) is 22.7 Å². The number of ketones is 1. The smallest absolute Gasteiger partial charge is 0.336 e. The minimum Gasteiger partial charge on any atom is -0.507 e. The molecule has 0 aliphatic carbocycles. The molecule has 0 saturated heterocycles. The van der Waals surface area contributed by atoms with Gasteiger partial charge in [-0.05, 0) is 30.3 Å². The molecule has 3 aromatic rings. The maximum absolute atomic E-state index is 12.2. The summed E-state index contributed by atoms with van der Waals surface area (Å²) < 4.78 is 10.0. The van der Waals surface area contributed by atoms with E-state index in [0.29, 0.717) is 5.39 Å². The molecule has 0 radical (unpaired) electrons. The maximum Gasteiger partial charge on any atom is 0.336 e. The summed E-state index contributed by atoms with van der Waals surface area (Å²) in [6.45, 7) is 0. The molecule has 0 amide bonds. The van der Waals surface area contributed by atoms with E-state index in [0.717, 1.165) is 0 Å². The average molecular weight is 256 g/mol. The Balaban J connectivity index is 2.33. The fourth-order valence-corrected chi connectivity index (χ4v) is 1.87. The van der Waals surface area contributed by atoms with Crippen molar-refractivity contribution >= 4 is 16.8 Å². The zero-order valence-corrected chi connectivity index (χ0v) is 9.62. The van der Waals surface area contributed by atoms with Crippen LogP contribution in [-0.2, 0) is 0 Å². The fourth-order valence-electron chi connectivity index (χ4n) is 1.87. The summed E-state index contributed by atoms with van der Waals surface area (Å²) >= 11 is 0. The molecule has 94 valence electrons. The zero-order valence-electron chi connectivity index (χ0n) is 9.62. The molecule has 0 atom stereocenters. The number of hydrogen-bond acceptors (Lipinski definition) is 5. The van der Waals surface area contributed by atoms with Gasteiger partial charge in [-0.25, -0.2) is 4.79 Å². The molecule has 3 rings (SSSR count). The van der Waals surface area contributed by atoms with E-state index in [9.17, 15) is 14.7 Å². The Hall–Kier alpha value is -2.82. The molecule has 0 unspecified atom stereocenters. The summed E-state index contributed by atoms with van der Waals surface area (Å²) in [5.41, 5.74) is -0.620. The van der Waals surface area contributed by atoms with Crippen LogP contribution in [0, 0.1) is 0 Å². The summed E-state index contributed by atoms with van der Waals surface area (Å²) in [5.74, 6) is -0.736. The van der Waals surface area contributed by atoms with Gasteiger partial charge in [0.05, 0.1) is 6.26 Å². The number of furan rings is 1. The number of phenols is 1. The highest BCUT2D eigenvalue weighted by molar-refractivity contribution is 6.15. The number of benzene rings is 1. The second kappa shape index (κ2) is 4.13. The largest absolute Gasteiger partial charge is 0.507 e. The molecule has 0 aliphatic rings. The van der Waals surface area contributed by atoms with Crippen LogP contribution >= 0.6 is 0 Å². The number of phenolic OH excluding ortho intramolecular Hbond substituents is 1. The molecule has 5 heteroatoms.